The van der Waals surface area contributed by atoms with E-state index < -0.39 is 0 Å². The number of hydrogen-bond acceptors (Lipinski definition) is 2. The standard InChI is InChI=1S/C13H25ClN2/c14-7-3-1-4-8-15-10-11-16-9-5-2-6-13(16)12-15/h13H,1-12H2. The topological polar surface area (TPSA) is 6.48 Å². The van der Waals surface area contributed by atoms with Crippen LogP contribution in [0.15, 0.2) is 0 Å². The van der Waals surface area contributed by atoms with E-state index in [-0.39, 0.29) is 0 Å². The van der Waals surface area contributed by atoms with E-state index in [4.69, 9.17) is 11.6 Å². The van der Waals surface area contributed by atoms with E-state index in [0.29, 0.717) is 0 Å². The van der Waals surface area contributed by atoms with Crippen LogP contribution in [-0.4, -0.2) is 54.4 Å². The normalized spacial score (nSPS) is 27.9. The van der Waals surface area contributed by atoms with Crippen LogP contribution in [0.5, 0.6) is 0 Å². The SMILES string of the molecule is ClCCCCCN1CCN2CCCCC2C1. The highest BCUT2D eigenvalue weighted by atomic mass is 35.5. The summed E-state index contributed by atoms with van der Waals surface area (Å²) < 4.78 is 0. The molecule has 16 heavy (non-hydrogen) atoms. The van der Waals surface area contributed by atoms with Gasteiger partial charge >= 0.3 is 0 Å². The summed E-state index contributed by atoms with van der Waals surface area (Å²) >= 11 is 5.69. The van der Waals surface area contributed by atoms with Crippen molar-refractivity contribution in [2.45, 2.75) is 44.6 Å². The van der Waals surface area contributed by atoms with Crippen molar-refractivity contribution in [1.82, 2.24) is 9.80 Å². The lowest BCUT2D eigenvalue weighted by Crippen LogP contribution is -2.54. The summed E-state index contributed by atoms with van der Waals surface area (Å²) in [6.45, 7) is 6.56. The van der Waals surface area contributed by atoms with Gasteiger partial charge in [-0.25, -0.2) is 0 Å². The molecule has 94 valence electrons. The van der Waals surface area contributed by atoms with Crippen molar-refractivity contribution in [3.63, 3.8) is 0 Å². The lowest BCUT2D eigenvalue weighted by molar-refractivity contribution is 0.0487. The minimum Gasteiger partial charge on any atom is -0.301 e. The Morgan fingerprint density at radius 2 is 1.94 bits per heavy atom. The molecule has 0 aromatic carbocycles. The molecule has 2 rings (SSSR count). The lowest BCUT2D eigenvalue weighted by Gasteiger charge is -2.44. The van der Waals surface area contributed by atoms with Crippen molar-refractivity contribution in [3.05, 3.63) is 0 Å². The van der Waals surface area contributed by atoms with Crippen molar-refractivity contribution < 1.29 is 0 Å². The molecule has 2 aliphatic heterocycles. The molecule has 0 aromatic rings. The third-order valence-corrected chi connectivity index (χ3v) is 4.30. The molecule has 2 saturated heterocycles. The van der Waals surface area contributed by atoms with Crippen LogP contribution in [0.2, 0.25) is 0 Å². The highest BCUT2D eigenvalue weighted by molar-refractivity contribution is 6.17. The Bertz CT molecular complexity index is 198. The van der Waals surface area contributed by atoms with Crippen molar-refractivity contribution in [1.29, 1.82) is 0 Å². The fraction of sp³-hybridized carbons (Fsp3) is 1.00. The lowest BCUT2D eigenvalue weighted by atomic mass is 9.99. The summed E-state index contributed by atoms with van der Waals surface area (Å²) in [5.41, 5.74) is 0. The summed E-state index contributed by atoms with van der Waals surface area (Å²) in [6, 6.07) is 0.871. The molecule has 1 atom stereocenters. The largest absolute Gasteiger partial charge is 0.301 e. The van der Waals surface area contributed by atoms with Gasteiger partial charge in [0.2, 0.25) is 0 Å². The second-order valence-corrected chi connectivity index (χ2v) is 5.61. The fourth-order valence-corrected chi connectivity index (χ4v) is 3.22. The van der Waals surface area contributed by atoms with E-state index in [9.17, 15) is 0 Å². The first-order chi connectivity index (χ1) is 7.90. The molecule has 3 heteroatoms. The summed E-state index contributed by atoms with van der Waals surface area (Å²) in [5, 5.41) is 0. The molecule has 0 N–H and O–H groups in total. The number of piperazine rings is 1. The van der Waals surface area contributed by atoms with Gasteiger partial charge in [0.05, 0.1) is 0 Å². The molecule has 1 unspecified atom stereocenters. The Kier molecular flexibility index (Phi) is 5.40. The van der Waals surface area contributed by atoms with Crippen LogP contribution in [0, 0.1) is 0 Å². The molecule has 0 radical (unpaired) electrons. The number of rotatable bonds is 5. The van der Waals surface area contributed by atoms with Crippen LogP contribution in [0.1, 0.15) is 38.5 Å². The number of unbranched alkanes of at least 4 members (excludes halogenated alkanes) is 2. The zero-order valence-corrected chi connectivity index (χ0v) is 11.1. The minimum atomic E-state index is 0.830. The maximum absolute atomic E-state index is 5.69. The Balaban J connectivity index is 1.65. The molecule has 0 amide bonds. The van der Waals surface area contributed by atoms with Crippen LogP contribution < -0.4 is 0 Å². The van der Waals surface area contributed by atoms with Gasteiger partial charge in [0, 0.05) is 31.6 Å². The molecule has 2 fully saturated rings. The van der Waals surface area contributed by atoms with Crippen LogP contribution in [-0.2, 0) is 0 Å². The first-order valence-electron chi connectivity index (χ1n) is 6.92. The third-order valence-electron chi connectivity index (χ3n) is 4.03. The first-order valence-corrected chi connectivity index (χ1v) is 7.46. The van der Waals surface area contributed by atoms with Crippen molar-refractivity contribution >= 4 is 11.6 Å². The van der Waals surface area contributed by atoms with Crippen LogP contribution in [0.3, 0.4) is 0 Å². The summed E-state index contributed by atoms with van der Waals surface area (Å²) in [5.74, 6) is 0.830. The van der Waals surface area contributed by atoms with Gasteiger partial charge in [-0.15, -0.1) is 11.6 Å². The summed E-state index contributed by atoms with van der Waals surface area (Å²) in [4.78, 5) is 5.37. The molecular weight excluding hydrogens is 220 g/mol. The van der Waals surface area contributed by atoms with Gasteiger partial charge in [0.15, 0.2) is 0 Å². The second kappa shape index (κ2) is 6.83. The number of piperidine rings is 1. The van der Waals surface area contributed by atoms with E-state index in [2.05, 4.69) is 9.80 Å². The van der Waals surface area contributed by atoms with Gasteiger partial charge in [-0.3, -0.25) is 4.90 Å². The smallest absolute Gasteiger partial charge is 0.0223 e. The second-order valence-electron chi connectivity index (χ2n) is 5.24. The van der Waals surface area contributed by atoms with Crippen LogP contribution >= 0.6 is 11.6 Å². The molecule has 2 aliphatic rings. The van der Waals surface area contributed by atoms with Gasteiger partial charge in [0.25, 0.3) is 0 Å². The van der Waals surface area contributed by atoms with Gasteiger partial charge < -0.3 is 4.90 Å². The van der Waals surface area contributed by atoms with Crippen molar-refractivity contribution in [3.8, 4) is 0 Å². The highest BCUT2D eigenvalue weighted by Crippen LogP contribution is 2.21. The zero-order chi connectivity index (χ0) is 11.2. The predicted molar refractivity (Wildman–Crippen MR) is 70.2 cm³/mol. The molecule has 0 saturated carbocycles. The Hall–Kier alpha value is 0.210. The first kappa shape index (κ1) is 12.7. The van der Waals surface area contributed by atoms with Gasteiger partial charge in [-0.2, -0.15) is 0 Å². The van der Waals surface area contributed by atoms with Gasteiger partial charge in [-0.1, -0.05) is 12.8 Å². The van der Waals surface area contributed by atoms with Crippen LogP contribution in [0.4, 0.5) is 0 Å². The Morgan fingerprint density at radius 1 is 1.00 bits per heavy atom. The molecule has 0 aromatic heterocycles. The van der Waals surface area contributed by atoms with E-state index in [1.165, 1.54) is 71.2 Å². The average molecular weight is 245 g/mol. The quantitative estimate of drug-likeness (QED) is 0.542. The monoisotopic (exact) mass is 244 g/mol. The Labute approximate surface area is 105 Å². The van der Waals surface area contributed by atoms with Crippen molar-refractivity contribution in [2.75, 3.05) is 38.6 Å². The molecule has 0 bridgehead atoms. The van der Waals surface area contributed by atoms with Gasteiger partial charge in [0.1, 0.15) is 0 Å². The Morgan fingerprint density at radius 3 is 2.81 bits per heavy atom. The highest BCUT2D eigenvalue weighted by Gasteiger charge is 2.28. The number of hydrogen-bond donors (Lipinski definition) is 0. The number of halogens is 1. The van der Waals surface area contributed by atoms with Gasteiger partial charge in [-0.05, 0) is 38.8 Å². The van der Waals surface area contributed by atoms with E-state index in [0.717, 1.165) is 11.9 Å². The molecule has 0 spiro atoms. The molecule has 2 nitrogen and oxygen atoms in total. The van der Waals surface area contributed by atoms with Crippen LogP contribution in [0.25, 0.3) is 0 Å². The summed E-state index contributed by atoms with van der Waals surface area (Å²) in [6.07, 6.45) is 8.12. The van der Waals surface area contributed by atoms with Crippen molar-refractivity contribution in [2.24, 2.45) is 0 Å². The van der Waals surface area contributed by atoms with E-state index >= 15 is 0 Å². The predicted octanol–water partition coefficient (Wildman–Crippen LogP) is 2.57. The maximum atomic E-state index is 5.69. The number of alkyl halides is 1. The van der Waals surface area contributed by atoms with E-state index in [1.807, 2.05) is 0 Å². The molecule has 2 heterocycles. The number of nitrogens with zero attached hydrogens (tertiary/aromatic N) is 2. The fourth-order valence-electron chi connectivity index (χ4n) is 3.03. The molecule has 0 aliphatic carbocycles. The third kappa shape index (κ3) is 3.61. The minimum absolute atomic E-state index is 0.830. The number of fused-ring (bicyclic) bond motifs is 1. The maximum Gasteiger partial charge on any atom is 0.0223 e. The average Bonchev–Trinajstić information content (AvgIpc) is 2.34. The molecular formula is C13H25ClN2. The summed E-state index contributed by atoms with van der Waals surface area (Å²) in [7, 11) is 0. The zero-order valence-electron chi connectivity index (χ0n) is 10.3. The van der Waals surface area contributed by atoms with E-state index in [1.54, 1.807) is 0 Å².